The van der Waals surface area contributed by atoms with Crippen LogP contribution in [0.15, 0.2) is 47.1 Å². The molecule has 0 unspecified atom stereocenters. The highest BCUT2D eigenvalue weighted by Gasteiger charge is 2.24. The minimum atomic E-state index is -0.976. The first-order valence-electron chi connectivity index (χ1n) is 8.25. The van der Waals surface area contributed by atoms with Crippen molar-refractivity contribution < 1.29 is 23.5 Å². The molecular weight excluding hydrogens is 336 g/mol. The molecule has 7 nitrogen and oxygen atoms in total. The van der Waals surface area contributed by atoms with Crippen LogP contribution in [0.4, 0.5) is 0 Å². The van der Waals surface area contributed by atoms with Crippen LogP contribution in [0, 0.1) is 6.92 Å². The molecule has 0 aliphatic rings. The van der Waals surface area contributed by atoms with Gasteiger partial charge in [-0.05, 0) is 38.5 Å². The van der Waals surface area contributed by atoms with E-state index >= 15 is 0 Å². The van der Waals surface area contributed by atoms with E-state index in [4.69, 9.17) is 9.15 Å². The standard InChI is InChI=1S/C19H22N2O5/c1-12-6-8-15(9-7-12)11-20-17(22)14(3)26-19(24)13(2)21-18(23)16-5-4-10-25-16/h4-10,13-14H,11H2,1-3H3,(H,20,22)(H,21,23)/t13-,14+/m0/s1. The van der Waals surface area contributed by atoms with Crippen molar-refractivity contribution in [1.82, 2.24) is 10.6 Å². The molecule has 2 rings (SSSR count). The summed E-state index contributed by atoms with van der Waals surface area (Å²) in [7, 11) is 0. The molecule has 7 heteroatoms. The Morgan fingerprint density at radius 1 is 1.12 bits per heavy atom. The average Bonchev–Trinajstić information content (AvgIpc) is 3.15. The van der Waals surface area contributed by atoms with Gasteiger partial charge < -0.3 is 19.8 Å². The molecule has 0 spiro atoms. The Kier molecular flexibility index (Phi) is 6.54. The van der Waals surface area contributed by atoms with E-state index in [-0.39, 0.29) is 5.76 Å². The van der Waals surface area contributed by atoms with Gasteiger partial charge >= 0.3 is 5.97 Å². The molecule has 26 heavy (non-hydrogen) atoms. The monoisotopic (exact) mass is 358 g/mol. The van der Waals surface area contributed by atoms with Gasteiger partial charge in [0, 0.05) is 6.54 Å². The van der Waals surface area contributed by atoms with E-state index in [1.54, 1.807) is 6.07 Å². The molecular formula is C19H22N2O5. The van der Waals surface area contributed by atoms with Gasteiger partial charge in [0.25, 0.3) is 11.8 Å². The number of ether oxygens (including phenoxy) is 1. The molecule has 0 bridgehead atoms. The predicted molar refractivity (Wildman–Crippen MR) is 94.2 cm³/mol. The summed E-state index contributed by atoms with van der Waals surface area (Å²) >= 11 is 0. The minimum Gasteiger partial charge on any atom is -0.459 e. The quantitative estimate of drug-likeness (QED) is 0.737. The summed E-state index contributed by atoms with van der Waals surface area (Å²) in [6.45, 7) is 5.27. The van der Waals surface area contributed by atoms with Gasteiger partial charge in [-0.15, -0.1) is 0 Å². The second-order valence-corrected chi connectivity index (χ2v) is 5.95. The summed E-state index contributed by atoms with van der Waals surface area (Å²) in [4.78, 5) is 35.9. The van der Waals surface area contributed by atoms with Crippen molar-refractivity contribution in [1.29, 1.82) is 0 Å². The fourth-order valence-electron chi connectivity index (χ4n) is 2.10. The van der Waals surface area contributed by atoms with Crippen molar-refractivity contribution in [3.05, 3.63) is 59.5 Å². The number of rotatable bonds is 7. The van der Waals surface area contributed by atoms with Crippen LogP contribution in [0.25, 0.3) is 0 Å². The summed E-state index contributed by atoms with van der Waals surface area (Å²) in [5.74, 6) is -1.56. The Morgan fingerprint density at radius 3 is 2.42 bits per heavy atom. The van der Waals surface area contributed by atoms with Gasteiger partial charge in [0.1, 0.15) is 6.04 Å². The maximum Gasteiger partial charge on any atom is 0.329 e. The van der Waals surface area contributed by atoms with Crippen LogP contribution >= 0.6 is 0 Å². The molecule has 2 atom stereocenters. The van der Waals surface area contributed by atoms with E-state index in [2.05, 4.69) is 10.6 Å². The Morgan fingerprint density at radius 2 is 1.81 bits per heavy atom. The van der Waals surface area contributed by atoms with E-state index in [1.165, 1.54) is 26.2 Å². The summed E-state index contributed by atoms with van der Waals surface area (Å²) in [6.07, 6.45) is 0.383. The van der Waals surface area contributed by atoms with Crippen molar-refractivity contribution in [3.8, 4) is 0 Å². The highest BCUT2D eigenvalue weighted by atomic mass is 16.5. The van der Waals surface area contributed by atoms with E-state index < -0.39 is 29.9 Å². The number of carbonyl (C=O) groups is 3. The van der Waals surface area contributed by atoms with Crippen molar-refractivity contribution >= 4 is 17.8 Å². The number of hydrogen-bond donors (Lipinski definition) is 2. The van der Waals surface area contributed by atoms with Gasteiger partial charge in [-0.1, -0.05) is 29.8 Å². The Hall–Kier alpha value is -3.09. The summed E-state index contributed by atoms with van der Waals surface area (Å²) in [5, 5.41) is 5.16. The third-order valence-electron chi connectivity index (χ3n) is 3.70. The van der Waals surface area contributed by atoms with Crippen molar-refractivity contribution in [2.75, 3.05) is 0 Å². The fourth-order valence-corrected chi connectivity index (χ4v) is 2.10. The molecule has 2 N–H and O–H groups in total. The molecule has 0 fully saturated rings. The van der Waals surface area contributed by atoms with Crippen LogP contribution in [-0.2, 0) is 20.9 Å². The first-order valence-corrected chi connectivity index (χ1v) is 8.25. The second kappa shape index (κ2) is 8.84. The summed E-state index contributed by atoms with van der Waals surface area (Å²) in [6, 6.07) is 9.87. The molecule has 1 aromatic heterocycles. The topological polar surface area (TPSA) is 97.6 Å². The lowest BCUT2D eigenvalue weighted by molar-refractivity contribution is -0.156. The summed E-state index contributed by atoms with van der Waals surface area (Å²) < 4.78 is 10.1. The number of carbonyl (C=O) groups excluding carboxylic acids is 3. The number of hydrogen-bond acceptors (Lipinski definition) is 5. The number of aryl methyl sites for hydroxylation is 1. The van der Waals surface area contributed by atoms with Gasteiger partial charge in [-0.3, -0.25) is 9.59 Å². The molecule has 0 aliphatic heterocycles. The van der Waals surface area contributed by atoms with Gasteiger partial charge in [0.2, 0.25) is 0 Å². The average molecular weight is 358 g/mol. The zero-order valence-electron chi connectivity index (χ0n) is 14.9. The van der Waals surface area contributed by atoms with Crippen LogP contribution in [0.1, 0.15) is 35.5 Å². The molecule has 2 amide bonds. The highest BCUT2D eigenvalue weighted by Crippen LogP contribution is 2.04. The van der Waals surface area contributed by atoms with E-state index in [0.29, 0.717) is 6.54 Å². The Bertz CT molecular complexity index is 753. The van der Waals surface area contributed by atoms with Gasteiger partial charge in [-0.25, -0.2) is 4.79 Å². The molecule has 1 heterocycles. The van der Waals surface area contributed by atoms with Gasteiger partial charge in [0.15, 0.2) is 11.9 Å². The fraction of sp³-hybridized carbons (Fsp3) is 0.316. The van der Waals surface area contributed by atoms with Crippen molar-refractivity contribution in [3.63, 3.8) is 0 Å². The normalized spacial score (nSPS) is 12.7. The number of esters is 1. The molecule has 1 aromatic carbocycles. The van der Waals surface area contributed by atoms with E-state index in [9.17, 15) is 14.4 Å². The van der Waals surface area contributed by atoms with Crippen LogP contribution in [0.5, 0.6) is 0 Å². The first-order chi connectivity index (χ1) is 12.4. The second-order valence-electron chi connectivity index (χ2n) is 5.95. The van der Waals surface area contributed by atoms with Crippen molar-refractivity contribution in [2.45, 2.75) is 39.5 Å². The first kappa shape index (κ1) is 19.2. The van der Waals surface area contributed by atoms with E-state index in [0.717, 1.165) is 11.1 Å². The van der Waals surface area contributed by atoms with Gasteiger partial charge in [-0.2, -0.15) is 0 Å². The maximum absolute atomic E-state index is 12.1. The van der Waals surface area contributed by atoms with Crippen molar-refractivity contribution in [2.24, 2.45) is 0 Å². The molecule has 0 saturated carbocycles. The SMILES string of the molecule is Cc1ccc(CNC(=O)[C@@H](C)OC(=O)[C@H](C)NC(=O)c2ccco2)cc1. The third-order valence-corrected chi connectivity index (χ3v) is 3.70. The van der Waals surface area contributed by atoms with Crippen LogP contribution in [-0.4, -0.2) is 29.9 Å². The number of benzene rings is 1. The maximum atomic E-state index is 12.1. The molecule has 2 aromatic rings. The lowest BCUT2D eigenvalue weighted by atomic mass is 10.1. The lowest BCUT2D eigenvalue weighted by Crippen LogP contribution is -2.43. The van der Waals surface area contributed by atoms with Crippen LogP contribution in [0.3, 0.4) is 0 Å². The van der Waals surface area contributed by atoms with Gasteiger partial charge in [0.05, 0.1) is 6.26 Å². The van der Waals surface area contributed by atoms with E-state index in [1.807, 2.05) is 31.2 Å². The lowest BCUT2D eigenvalue weighted by Gasteiger charge is -2.17. The van der Waals surface area contributed by atoms with Crippen LogP contribution in [0.2, 0.25) is 0 Å². The zero-order valence-corrected chi connectivity index (χ0v) is 14.9. The number of nitrogens with one attached hydrogen (secondary N) is 2. The zero-order chi connectivity index (χ0) is 19.1. The minimum absolute atomic E-state index is 0.0912. The molecule has 0 aliphatic carbocycles. The largest absolute Gasteiger partial charge is 0.459 e. The predicted octanol–water partition coefficient (Wildman–Crippen LogP) is 1.95. The van der Waals surface area contributed by atoms with Crippen LogP contribution < -0.4 is 10.6 Å². The number of amides is 2. The molecule has 0 saturated heterocycles. The highest BCUT2D eigenvalue weighted by molar-refractivity contribution is 5.94. The summed E-state index contributed by atoms with van der Waals surface area (Å²) in [5.41, 5.74) is 2.08. The molecule has 138 valence electrons. The number of furan rings is 1. The third kappa shape index (κ3) is 5.47. The Labute approximate surface area is 151 Å². The Balaban J connectivity index is 1.78. The molecule has 0 radical (unpaired) electrons. The smallest absolute Gasteiger partial charge is 0.329 e.